The van der Waals surface area contributed by atoms with Crippen molar-refractivity contribution in [1.82, 2.24) is 0 Å². The zero-order valence-electron chi connectivity index (χ0n) is 14.1. The highest BCUT2D eigenvalue weighted by molar-refractivity contribution is 6.07. The quantitative estimate of drug-likeness (QED) is 0.226. The number of nitrogens with zero attached hydrogens (tertiary/aromatic N) is 1. The minimum Gasteiger partial charge on any atom is -0.207 e. The number of benzene rings is 3. The lowest BCUT2D eigenvalue weighted by atomic mass is 9.92. The fourth-order valence-electron chi connectivity index (χ4n) is 3.52. The fraction of sp³-hybridized carbons (Fsp3) is 0.0952. The molecule has 136 valence electrons. The molecule has 1 nitrogen and oxygen atoms in total. The van der Waals surface area contributed by atoms with Gasteiger partial charge < -0.3 is 0 Å². The van der Waals surface area contributed by atoms with Crippen molar-refractivity contribution in [2.45, 2.75) is 6.18 Å². The first-order chi connectivity index (χ1) is 12.8. The summed E-state index contributed by atoms with van der Waals surface area (Å²) >= 11 is 0. The number of pyridine rings is 1. The lowest BCUT2D eigenvalue weighted by Crippen LogP contribution is -2.30. The molecule has 6 heteroatoms. The molecule has 0 saturated heterocycles. The van der Waals surface area contributed by atoms with Crippen LogP contribution in [0.2, 0.25) is 0 Å². The molecule has 0 unspecified atom stereocenters. The predicted molar refractivity (Wildman–Crippen MR) is 93.0 cm³/mol. The van der Waals surface area contributed by atoms with Gasteiger partial charge in [0, 0.05) is 17.7 Å². The van der Waals surface area contributed by atoms with E-state index in [0.29, 0.717) is 11.0 Å². The molecule has 0 aliphatic heterocycles. The second kappa shape index (κ2) is 6.01. The number of aromatic nitrogens is 1. The maximum atomic E-state index is 14.0. The van der Waals surface area contributed by atoms with Crippen LogP contribution in [0.3, 0.4) is 0 Å². The second-order valence-electron chi connectivity index (χ2n) is 6.30. The van der Waals surface area contributed by atoms with Gasteiger partial charge in [-0.2, -0.15) is 17.7 Å². The third-order valence-electron chi connectivity index (χ3n) is 4.68. The zero-order valence-corrected chi connectivity index (χ0v) is 14.1. The Labute approximate surface area is 151 Å². The minimum absolute atomic E-state index is 0.114. The summed E-state index contributed by atoms with van der Waals surface area (Å²) in [5.74, 6) is -1.16. The molecule has 0 atom stereocenters. The normalized spacial score (nSPS) is 12.1. The molecule has 0 fully saturated rings. The van der Waals surface area contributed by atoms with Gasteiger partial charge in [-0.1, -0.05) is 18.2 Å². The first-order valence-corrected chi connectivity index (χ1v) is 8.14. The molecule has 4 rings (SSSR count). The Morgan fingerprint density at radius 3 is 1.78 bits per heavy atom. The Bertz CT molecular complexity index is 1130. The molecule has 3 aromatic carbocycles. The highest BCUT2D eigenvalue weighted by Gasteiger charge is 2.35. The van der Waals surface area contributed by atoms with Gasteiger partial charge in [0.15, 0.2) is 0 Å². The van der Waals surface area contributed by atoms with Crippen molar-refractivity contribution >= 4 is 21.8 Å². The van der Waals surface area contributed by atoms with Crippen molar-refractivity contribution in [3.05, 3.63) is 77.9 Å². The largest absolute Gasteiger partial charge is 0.417 e. The molecule has 0 radical (unpaired) electrons. The highest BCUT2D eigenvalue weighted by atomic mass is 19.4. The van der Waals surface area contributed by atoms with Gasteiger partial charge >= 0.3 is 6.18 Å². The van der Waals surface area contributed by atoms with Gasteiger partial charge in [-0.05, 0) is 35.9 Å². The van der Waals surface area contributed by atoms with Crippen LogP contribution in [0.4, 0.5) is 22.0 Å². The van der Waals surface area contributed by atoms with Gasteiger partial charge in [-0.3, -0.25) is 0 Å². The SMILES string of the molecule is C[n+]1c2ccc(F)cc2c(-c2ccccc2C(F)(F)F)c2cc(F)ccc21. The predicted octanol–water partition coefficient (Wildman–Crippen LogP) is 5.78. The van der Waals surface area contributed by atoms with E-state index in [1.807, 2.05) is 0 Å². The molecule has 0 aliphatic carbocycles. The number of alkyl halides is 3. The van der Waals surface area contributed by atoms with Crippen molar-refractivity contribution < 1.29 is 26.5 Å². The van der Waals surface area contributed by atoms with E-state index in [9.17, 15) is 22.0 Å². The zero-order chi connectivity index (χ0) is 19.3. The van der Waals surface area contributed by atoms with Crippen LogP contribution in [-0.4, -0.2) is 0 Å². The number of halogens is 5. The molecule has 0 aliphatic rings. The van der Waals surface area contributed by atoms with Crippen LogP contribution in [-0.2, 0) is 13.2 Å². The standard InChI is InChI=1S/C21H13F5N/c1-27-18-8-6-12(22)10-15(18)20(16-11-13(23)7-9-19(16)27)14-4-2-3-5-17(14)21(24,25)26/h2-11H,1H3/q+1. The van der Waals surface area contributed by atoms with Crippen LogP contribution in [0.15, 0.2) is 60.7 Å². The van der Waals surface area contributed by atoms with E-state index < -0.39 is 23.4 Å². The first-order valence-electron chi connectivity index (χ1n) is 8.14. The van der Waals surface area contributed by atoms with Crippen LogP contribution in [0, 0.1) is 11.6 Å². The summed E-state index contributed by atoms with van der Waals surface area (Å²) in [5.41, 5.74) is 0.279. The van der Waals surface area contributed by atoms with E-state index in [4.69, 9.17) is 0 Å². The number of hydrogen-bond donors (Lipinski definition) is 0. The van der Waals surface area contributed by atoms with Crippen molar-refractivity contribution in [2.24, 2.45) is 7.05 Å². The van der Waals surface area contributed by atoms with Gasteiger partial charge in [0.05, 0.1) is 16.3 Å². The van der Waals surface area contributed by atoms with E-state index in [1.54, 1.807) is 11.6 Å². The van der Waals surface area contributed by atoms with Gasteiger partial charge in [0.2, 0.25) is 11.0 Å². The molecule has 0 amide bonds. The van der Waals surface area contributed by atoms with Crippen molar-refractivity contribution in [1.29, 1.82) is 0 Å². The van der Waals surface area contributed by atoms with Crippen LogP contribution >= 0.6 is 0 Å². The van der Waals surface area contributed by atoms with Gasteiger partial charge in [0.25, 0.3) is 0 Å². The average molecular weight is 374 g/mol. The Kier molecular flexibility index (Phi) is 3.87. The molecule has 0 bridgehead atoms. The van der Waals surface area contributed by atoms with Crippen molar-refractivity contribution in [3.63, 3.8) is 0 Å². The summed E-state index contributed by atoms with van der Waals surface area (Å²) < 4.78 is 70.5. The van der Waals surface area contributed by atoms with Gasteiger partial charge in [-0.15, -0.1) is 0 Å². The van der Waals surface area contributed by atoms with Crippen LogP contribution in [0.1, 0.15) is 5.56 Å². The van der Waals surface area contributed by atoms with E-state index >= 15 is 0 Å². The molecule has 0 N–H and O–H groups in total. The second-order valence-corrected chi connectivity index (χ2v) is 6.30. The third kappa shape index (κ3) is 2.81. The molecule has 1 aromatic heterocycles. The smallest absolute Gasteiger partial charge is 0.207 e. The van der Waals surface area contributed by atoms with E-state index in [1.165, 1.54) is 54.6 Å². The lowest BCUT2D eigenvalue weighted by molar-refractivity contribution is -0.617. The minimum atomic E-state index is -4.60. The molecule has 1 heterocycles. The van der Waals surface area contributed by atoms with Crippen LogP contribution < -0.4 is 4.57 Å². The lowest BCUT2D eigenvalue weighted by Gasteiger charge is -2.16. The Morgan fingerprint density at radius 1 is 0.741 bits per heavy atom. The maximum absolute atomic E-state index is 14.0. The summed E-state index contributed by atoms with van der Waals surface area (Å²) in [4.78, 5) is 0. The average Bonchev–Trinajstić information content (AvgIpc) is 2.61. The number of aryl methyl sites for hydroxylation is 1. The maximum Gasteiger partial charge on any atom is 0.417 e. The van der Waals surface area contributed by atoms with Crippen molar-refractivity contribution in [2.75, 3.05) is 0 Å². The summed E-state index contributed by atoms with van der Waals surface area (Å²) in [6, 6.07) is 12.9. The Morgan fingerprint density at radius 2 is 1.26 bits per heavy atom. The van der Waals surface area contributed by atoms with E-state index in [2.05, 4.69) is 0 Å². The third-order valence-corrected chi connectivity index (χ3v) is 4.68. The van der Waals surface area contributed by atoms with Crippen molar-refractivity contribution in [3.8, 4) is 11.1 Å². The van der Waals surface area contributed by atoms with Crippen LogP contribution in [0.5, 0.6) is 0 Å². The summed E-state index contributed by atoms with van der Waals surface area (Å²) in [7, 11) is 1.71. The number of rotatable bonds is 1. The first kappa shape index (κ1) is 17.4. The molecule has 27 heavy (non-hydrogen) atoms. The van der Waals surface area contributed by atoms with Crippen LogP contribution in [0.25, 0.3) is 32.9 Å². The number of hydrogen-bond acceptors (Lipinski definition) is 0. The highest BCUT2D eigenvalue weighted by Crippen LogP contribution is 2.42. The summed E-state index contributed by atoms with van der Waals surface area (Å²) in [5, 5.41) is 0.569. The molecule has 0 saturated carbocycles. The molecular weight excluding hydrogens is 361 g/mol. The Hall–Kier alpha value is -3.02. The van der Waals surface area contributed by atoms with Gasteiger partial charge in [-0.25, -0.2) is 8.78 Å². The molecule has 0 spiro atoms. The van der Waals surface area contributed by atoms with E-state index in [0.717, 1.165) is 6.07 Å². The molecular formula is C21H13F5N+. The monoisotopic (exact) mass is 374 g/mol. The summed E-state index contributed by atoms with van der Waals surface area (Å²) in [6.07, 6.45) is -4.60. The molecule has 4 aromatic rings. The van der Waals surface area contributed by atoms with E-state index in [-0.39, 0.29) is 21.9 Å². The summed E-state index contributed by atoms with van der Waals surface area (Å²) in [6.45, 7) is 0. The fourth-order valence-corrected chi connectivity index (χ4v) is 3.52. The Balaban J connectivity index is 2.28. The topological polar surface area (TPSA) is 3.88 Å². The van der Waals surface area contributed by atoms with Gasteiger partial charge in [0.1, 0.15) is 18.7 Å². The number of fused-ring (bicyclic) bond motifs is 2.